The third-order valence-electron chi connectivity index (χ3n) is 23.8. The molecule has 0 amide bonds. The Morgan fingerprint density at radius 2 is 0.458 bits per heavy atom. The van der Waals surface area contributed by atoms with E-state index in [4.69, 9.17) is 0 Å². The van der Waals surface area contributed by atoms with Crippen molar-refractivity contribution in [2.24, 2.45) is 53.3 Å². The second kappa shape index (κ2) is 55.7. The minimum absolute atomic E-state index is 0. The molecule has 7 nitrogen and oxygen atoms in total. The molecule has 20 heteroatoms. The molecule has 0 saturated carbocycles. The fraction of sp³-hybridized carbons (Fsp3) is 0.514. The molecule has 0 aliphatic rings. The summed E-state index contributed by atoms with van der Waals surface area (Å²) in [5.41, 5.74) is 18.9. The topological polar surface area (TPSA) is 120 Å². The van der Waals surface area contributed by atoms with Gasteiger partial charge in [0.15, 0.2) is 0 Å². The summed E-state index contributed by atoms with van der Waals surface area (Å²) in [6.07, 6.45) is 0. The molecular weight excluding hydrogens is 1730 g/mol. The lowest BCUT2D eigenvalue weighted by atomic mass is 9.88. The molecule has 0 radical (unpaired) electrons. The predicted octanol–water partition coefficient (Wildman–Crippen LogP) is 34.7. The summed E-state index contributed by atoms with van der Waals surface area (Å²) in [6.45, 7) is 65.7. The van der Waals surface area contributed by atoms with Crippen molar-refractivity contribution in [3.05, 3.63) is 307 Å². The third kappa shape index (κ3) is 51.9. The van der Waals surface area contributed by atoms with E-state index in [0.717, 1.165) is 35.4 Å². The number of benzene rings is 9. The highest BCUT2D eigenvalue weighted by Crippen LogP contribution is 2.99. The number of rotatable bonds is 29. The van der Waals surface area contributed by atoms with Crippen LogP contribution in [-0.4, -0.2) is 73.2 Å². The Bertz CT molecular complexity index is 4350. The number of hydrogen-bond acceptors (Lipinski definition) is 7. The zero-order valence-corrected chi connectivity index (χ0v) is 86.2. The van der Waals surface area contributed by atoms with Crippen LogP contribution in [0.25, 0.3) is 0 Å². The molecule has 0 aliphatic heterocycles. The molecular formula is C111H172F10O7S2Si. The normalized spacial score (nSPS) is 14.6. The predicted molar refractivity (Wildman–Crippen MR) is 551 cm³/mol. The Morgan fingerprint density at radius 1 is 0.244 bits per heavy atom. The molecule has 5 N–H and O–H groups in total. The van der Waals surface area contributed by atoms with Gasteiger partial charge in [0, 0.05) is 35.5 Å². The van der Waals surface area contributed by atoms with Crippen LogP contribution in [0.2, 0.25) is 19.6 Å². The zero-order chi connectivity index (χ0) is 99.2. The van der Waals surface area contributed by atoms with Crippen LogP contribution in [0.3, 0.4) is 0 Å². The van der Waals surface area contributed by atoms with Crippen LogP contribution < -0.4 is 9.37 Å². The molecule has 0 fully saturated rings. The molecule has 0 aromatic heterocycles. The first-order valence-electron chi connectivity index (χ1n) is 45.8. The van der Waals surface area contributed by atoms with Gasteiger partial charge >= 0.3 is 21.0 Å². The summed E-state index contributed by atoms with van der Waals surface area (Å²) in [7, 11) is -20.9. The van der Waals surface area contributed by atoms with Crippen LogP contribution in [0.15, 0.2) is 218 Å². The number of hydrogen-bond donors (Lipinski definition) is 5. The summed E-state index contributed by atoms with van der Waals surface area (Å²) in [6, 6.07) is 71.6. The Morgan fingerprint density at radius 3 is 0.664 bits per heavy atom. The average molecular weight is 1900 g/mol. The van der Waals surface area contributed by atoms with Crippen LogP contribution in [0, 0.1) is 102 Å². The van der Waals surface area contributed by atoms with Crippen molar-refractivity contribution in [2.45, 2.75) is 282 Å². The van der Waals surface area contributed by atoms with Crippen molar-refractivity contribution in [3.63, 3.8) is 0 Å². The summed E-state index contributed by atoms with van der Waals surface area (Å²) in [5, 5.41) is 47.6. The van der Waals surface area contributed by atoms with Gasteiger partial charge in [0.1, 0.15) is 5.75 Å². The van der Waals surface area contributed by atoms with Crippen molar-refractivity contribution >= 4 is 34.3 Å². The maximum atomic E-state index is 12.2. The van der Waals surface area contributed by atoms with Crippen LogP contribution >= 0.6 is 21.0 Å². The summed E-state index contributed by atoms with van der Waals surface area (Å²) in [5.74, 6) is 4.83. The smallest absolute Gasteiger partial charge is 0.396 e. The number of aliphatic hydroxyl groups is 5. The highest BCUT2D eigenvalue weighted by molar-refractivity contribution is 8.42. The molecule has 0 saturated heterocycles. The third-order valence-corrected chi connectivity index (χ3v) is 27.0. The summed E-state index contributed by atoms with van der Waals surface area (Å²) >= 11 is 0. The van der Waals surface area contributed by atoms with E-state index in [9.17, 15) is 64.4 Å². The van der Waals surface area contributed by atoms with Crippen molar-refractivity contribution in [1.29, 1.82) is 0 Å². The van der Waals surface area contributed by atoms with E-state index < -0.39 is 53.3 Å². The summed E-state index contributed by atoms with van der Waals surface area (Å²) in [4.78, 5) is 0. The fourth-order valence-corrected chi connectivity index (χ4v) is 15.7. The first-order valence-corrected chi connectivity index (χ1v) is 53.0. The molecule has 0 spiro atoms. The molecule has 9 atom stereocenters. The highest BCUT2D eigenvalue weighted by atomic mass is 32.5. The maximum Gasteiger partial charge on any atom is 0.435 e. The van der Waals surface area contributed by atoms with Gasteiger partial charge in [0.2, 0.25) is 0 Å². The largest absolute Gasteiger partial charge is 0.435 e. The highest BCUT2D eigenvalue weighted by Gasteiger charge is 2.67. The van der Waals surface area contributed by atoms with Gasteiger partial charge in [-0.05, 0) is 182 Å². The van der Waals surface area contributed by atoms with Crippen molar-refractivity contribution in [2.75, 3.05) is 39.6 Å². The Labute approximate surface area is 789 Å². The summed E-state index contributed by atoms with van der Waals surface area (Å²) < 4.78 is 128. The lowest BCUT2D eigenvalue weighted by Gasteiger charge is -2.40. The van der Waals surface area contributed by atoms with E-state index in [2.05, 4.69) is 357 Å². The molecule has 0 bridgehead atoms. The van der Waals surface area contributed by atoms with Gasteiger partial charge < -0.3 is 29.7 Å². The lowest BCUT2D eigenvalue weighted by molar-refractivity contribution is 0.136. The van der Waals surface area contributed by atoms with Crippen LogP contribution in [0.4, 0.5) is 38.9 Å². The van der Waals surface area contributed by atoms with Gasteiger partial charge in [-0.25, -0.2) is 4.18 Å². The van der Waals surface area contributed by atoms with Crippen molar-refractivity contribution in [3.8, 4) is 5.75 Å². The van der Waals surface area contributed by atoms with Crippen LogP contribution in [0.5, 0.6) is 5.75 Å². The van der Waals surface area contributed by atoms with Crippen LogP contribution in [0.1, 0.15) is 303 Å². The van der Waals surface area contributed by atoms with E-state index in [-0.39, 0.29) is 83.4 Å². The SMILES string of the molecule is C.C.CC(C)C(C)c1ccc([Si](C)(C)C)cc1.CC(C)C(CO)c1cccc(OS(F)(F)(F)(F)F)c1.Cc1ccc(C(C)C(C)C)cc1.Cc1ccc(C(C)C(C)C)cc1.Cc1ccc(C(CO)C(C)C)cc1.Cc1ccc(C(CO)C(C)C)cc1.Cc1ccc(C(CO)C(C)C)cc1.Cc1ccc(C(COS(F)(F)(F)(F)F)C(C)C)cc1.Cc1cccc(C(CO)C(C)C)c1. The van der Waals surface area contributed by atoms with Crippen LogP contribution in [-0.2, 0) is 4.18 Å². The minimum atomic E-state index is -9.96. The Kier molecular flexibility index (Phi) is 53.5. The van der Waals surface area contributed by atoms with Crippen molar-refractivity contribution < 1.29 is 72.8 Å². The van der Waals surface area contributed by atoms with Gasteiger partial charge in [0.25, 0.3) is 0 Å². The second-order valence-corrected chi connectivity index (χ2v) is 48.2. The van der Waals surface area contributed by atoms with E-state index in [1.165, 1.54) is 84.5 Å². The average Bonchev–Trinajstić information content (AvgIpc) is 0.762. The number of aryl methyl sites for hydroxylation is 7. The lowest BCUT2D eigenvalue weighted by Crippen LogP contribution is -2.37. The van der Waals surface area contributed by atoms with Gasteiger partial charge in [0.05, 0.1) is 47.7 Å². The van der Waals surface area contributed by atoms with Gasteiger partial charge in [-0.3, -0.25) is 0 Å². The van der Waals surface area contributed by atoms with Gasteiger partial charge in [-0.2, -0.15) is 0 Å². The van der Waals surface area contributed by atoms with Gasteiger partial charge in [-0.15, -0.1) is 0 Å². The standard InChI is InChI=1S/C14H24Si.C12H17F5OS.4C12H18O.2C12H18.C11H15F5O2S.2CH4/c1-11(2)12(3)13-7-9-14(10-8-13)15(4,5)6;1-9(2)12(8-18-19(13,14,15,16)17)11-6-4-10(3)5-7-11;3*1-9(2)12(8-13)11-6-4-10(3)5-7-11;1-9(2)12(8-13)11-6-4-5-10(3)7-11;2*1-9(2)11(4)12-7-5-10(3)6-8-12;1-8(2)11(7-17)9-4-3-5-10(6-9)18-19(12,13,14,15)16;;/h7-12H,1-6H3;4-7,9,12H,8H2,1-3H3;4*4-7,9,12-13H,8H2,1-3H3;2*5-9,11H,1-4H3;3-6,8,11,17H,7H2,1-2H3;2*1H4. The van der Waals surface area contributed by atoms with E-state index in [1.807, 2.05) is 6.92 Å². The maximum absolute atomic E-state index is 12.2. The quantitative estimate of drug-likeness (QED) is 0.0234. The minimum Gasteiger partial charge on any atom is -0.396 e. The number of halogens is 10. The fourth-order valence-electron chi connectivity index (χ4n) is 13.7. The Hall–Kier alpha value is -7.24. The Balaban J connectivity index is 0. The second-order valence-electron chi connectivity index (χ2n) is 39.1. The van der Waals surface area contributed by atoms with Crippen molar-refractivity contribution in [1.82, 2.24) is 0 Å². The zero-order valence-electron chi connectivity index (χ0n) is 83.6. The molecule has 9 unspecified atom stereocenters. The molecule has 744 valence electrons. The molecule has 131 heavy (non-hydrogen) atoms. The number of aliphatic hydroxyl groups excluding tert-OH is 5. The monoisotopic (exact) mass is 1900 g/mol. The molecule has 0 aliphatic carbocycles. The first-order chi connectivity index (χ1) is 59.2. The van der Waals surface area contributed by atoms with E-state index in [1.54, 1.807) is 57.1 Å². The first kappa shape index (κ1) is 126. The van der Waals surface area contributed by atoms with E-state index >= 15 is 0 Å². The molecule has 9 rings (SSSR count). The van der Waals surface area contributed by atoms with Gasteiger partial charge in [-0.1, -0.05) is 469 Å². The molecule has 9 aromatic carbocycles. The molecule has 0 heterocycles. The molecule has 9 aromatic rings. The van der Waals surface area contributed by atoms with E-state index in [0.29, 0.717) is 52.6 Å².